The van der Waals surface area contributed by atoms with Crippen LogP contribution < -0.4 is 0 Å². The molecule has 0 radical (unpaired) electrons. The van der Waals surface area contributed by atoms with Gasteiger partial charge in [-0.1, -0.05) is 51.8 Å². The number of halogens is 1. The summed E-state index contributed by atoms with van der Waals surface area (Å²) < 4.78 is 1.06. The predicted molar refractivity (Wildman–Crippen MR) is 86.0 cm³/mol. The standard InChI is InChI=1S/C17H18BrNO/c1-13-5-3-7-15(9-13)17(20)12-19(2)11-14-6-4-8-16(18)10-14/h3-10H,11-12H2,1-2H3. The summed E-state index contributed by atoms with van der Waals surface area (Å²) in [7, 11) is 1.97. The molecule has 0 spiro atoms. The van der Waals surface area contributed by atoms with Gasteiger partial charge in [-0.05, 0) is 37.7 Å². The minimum absolute atomic E-state index is 0.159. The number of ketones is 1. The second-order valence-corrected chi connectivity index (χ2v) is 6.01. The molecule has 0 aliphatic carbocycles. The van der Waals surface area contributed by atoms with Crippen molar-refractivity contribution in [3.63, 3.8) is 0 Å². The van der Waals surface area contributed by atoms with Crippen molar-refractivity contribution in [1.29, 1.82) is 0 Å². The number of nitrogens with zero attached hydrogens (tertiary/aromatic N) is 1. The minimum Gasteiger partial charge on any atom is -0.295 e. The molecule has 0 aliphatic rings. The van der Waals surface area contributed by atoms with Gasteiger partial charge in [-0.15, -0.1) is 0 Å². The van der Waals surface area contributed by atoms with E-state index in [-0.39, 0.29) is 5.78 Å². The van der Waals surface area contributed by atoms with E-state index in [1.165, 1.54) is 5.56 Å². The molecule has 0 N–H and O–H groups in total. The normalized spacial score (nSPS) is 10.8. The summed E-state index contributed by atoms with van der Waals surface area (Å²) in [6.07, 6.45) is 0. The Bertz CT molecular complexity index is 609. The van der Waals surface area contributed by atoms with Crippen LogP contribution >= 0.6 is 15.9 Å². The van der Waals surface area contributed by atoms with E-state index in [0.717, 1.165) is 22.1 Å². The largest absolute Gasteiger partial charge is 0.295 e. The number of rotatable bonds is 5. The Labute approximate surface area is 128 Å². The molecule has 20 heavy (non-hydrogen) atoms. The molecule has 0 fully saturated rings. The third-order valence-electron chi connectivity index (χ3n) is 3.10. The van der Waals surface area contributed by atoms with Gasteiger partial charge in [0, 0.05) is 16.6 Å². The van der Waals surface area contributed by atoms with Crippen LogP contribution in [-0.2, 0) is 6.54 Å². The highest BCUT2D eigenvalue weighted by Gasteiger charge is 2.10. The minimum atomic E-state index is 0.159. The molecule has 3 heteroatoms. The van der Waals surface area contributed by atoms with Gasteiger partial charge >= 0.3 is 0 Å². The van der Waals surface area contributed by atoms with Crippen LogP contribution in [0.5, 0.6) is 0 Å². The Hall–Kier alpha value is -1.45. The lowest BCUT2D eigenvalue weighted by atomic mass is 10.1. The SMILES string of the molecule is Cc1cccc(C(=O)CN(C)Cc2cccc(Br)c2)c1. The maximum absolute atomic E-state index is 12.2. The third kappa shape index (κ3) is 4.29. The Balaban J connectivity index is 1.97. The maximum Gasteiger partial charge on any atom is 0.176 e. The molecular formula is C17H18BrNO. The molecule has 0 saturated heterocycles. The van der Waals surface area contributed by atoms with Gasteiger partial charge in [-0.2, -0.15) is 0 Å². The monoisotopic (exact) mass is 331 g/mol. The van der Waals surface area contributed by atoms with Crippen molar-refractivity contribution in [2.75, 3.05) is 13.6 Å². The van der Waals surface area contributed by atoms with Crippen LogP contribution in [0.1, 0.15) is 21.5 Å². The van der Waals surface area contributed by atoms with Gasteiger partial charge < -0.3 is 0 Å². The molecule has 2 aromatic carbocycles. The van der Waals surface area contributed by atoms with E-state index in [4.69, 9.17) is 0 Å². The molecule has 2 aromatic rings. The molecular weight excluding hydrogens is 314 g/mol. The summed E-state index contributed by atoms with van der Waals surface area (Å²) in [6.45, 7) is 3.19. The van der Waals surface area contributed by atoms with Gasteiger partial charge in [-0.25, -0.2) is 0 Å². The zero-order valence-corrected chi connectivity index (χ0v) is 13.4. The van der Waals surface area contributed by atoms with Crippen molar-refractivity contribution in [1.82, 2.24) is 4.90 Å². The molecule has 0 unspecified atom stereocenters. The van der Waals surface area contributed by atoms with Crippen LogP contribution in [0.4, 0.5) is 0 Å². The molecule has 0 bridgehead atoms. The number of carbonyl (C=O) groups excluding carboxylic acids is 1. The fourth-order valence-corrected chi connectivity index (χ4v) is 2.60. The number of likely N-dealkylation sites (N-methyl/N-ethyl adjacent to an activating group) is 1. The second kappa shape index (κ2) is 6.82. The van der Waals surface area contributed by atoms with E-state index in [1.807, 2.05) is 55.3 Å². The number of aryl methyl sites for hydroxylation is 1. The van der Waals surface area contributed by atoms with E-state index in [9.17, 15) is 4.79 Å². The van der Waals surface area contributed by atoms with Gasteiger partial charge in [0.05, 0.1) is 6.54 Å². The van der Waals surface area contributed by atoms with Crippen molar-refractivity contribution in [2.45, 2.75) is 13.5 Å². The molecule has 2 rings (SSSR count). The van der Waals surface area contributed by atoms with Gasteiger partial charge in [-0.3, -0.25) is 9.69 Å². The van der Waals surface area contributed by atoms with E-state index in [1.54, 1.807) is 0 Å². The molecule has 0 amide bonds. The first-order valence-electron chi connectivity index (χ1n) is 6.57. The second-order valence-electron chi connectivity index (χ2n) is 5.09. The third-order valence-corrected chi connectivity index (χ3v) is 3.59. The molecule has 2 nitrogen and oxygen atoms in total. The summed E-state index contributed by atoms with van der Waals surface area (Å²) in [5.74, 6) is 0.159. The summed E-state index contributed by atoms with van der Waals surface area (Å²) >= 11 is 3.46. The quantitative estimate of drug-likeness (QED) is 0.769. The number of benzene rings is 2. The van der Waals surface area contributed by atoms with Gasteiger partial charge in [0.2, 0.25) is 0 Å². The van der Waals surface area contributed by atoms with Crippen LogP contribution in [0, 0.1) is 6.92 Å². The van der Waals surface area contributed by atoms with Crippen molar-refractivity contribution in [3.05, 3.63) is 69.7 Å². The zero-order chi connectivity index (χ0) is 14.5. The molecule has 0 aromatic heterocycles. The highest BCUT2D eigenvalue weighted by Crippen LogP contribution is 2.13. The van der Waals surface area contributed by atoms with Gasteiger partial charge in [0.15, 0.2) is 5.78 Å². The summed E-state index contributed by atoms with van der Waals surface area (Å²) in [4.78, 5) is 14.2. The highest BCUT2D eigenvalue weighted by molar-refractivity contribution is 9.10. The average Bonchev–Trinajstić information content (AvgIpc) is 2.38. The molecule has 0 heterocycles. The predicted octanol–water partition coefficient (Wildman–Crippen LogP) is 4.07. The van der Waals surface area contributed by atoms with E-state index >= 15 is 0 Å². The number of Topliss-reactive ketones (excluding diaryl/α,β-unsaturated/α-hetero) is 1. The summed E-state index contributed by atoms with van der Waals surface area (Å²) in [5.41, 5.74) is 3.09. The summed E-state index contributed by atoms with van der Waals surface area (Å²) in [6, 6.07) is 15.9. The highest BCUT2D eigenvalue weighted by atomic mass is 79.9. The lowest BCUT2D eigenvalue weighted by Crippen LogP contribution is -2.25. The topological polar surface area (TPSA) is 20.3 Å². The first-order chi connectivity index (χ1) is 9.54. The van der Waals surface area contributed by atoms with Crippen LogP contribution in [0.15, 0.2) is 53.0 Å². The van der Waals surface area contributed by atoms with Gasteiger partial charge in [0.1, 0.15) is 0 Å². The van der Waals surface area contributed by atoms with Gasteiger partial charge in [0.25, 0.3) is 0 Å². The fourth-order valence-electron chi connectivity index (χ4n) is 2.16. The number of hydrogen-bond donors (Lipinski definition) is 0. The maximum atomic E-state index is 12.2. The van der Waals surface area contributed by atoms with E-state index in [0.29, 0.717) is 6.54 Å². The number of carbonyl (C=O) groups is 1. The lowest BCUT2D eigenvalue weighted by Gasteiger charge is -2.16. The first-order valence-corrected chi connectivity index (χ1v) is 7.37. The summed E-state index contributed by atoms with van der Waals surface area (Å²) in [5, 5.41) is 0. The van der Waals surface area contributed by atoms with E-state index < -0.39 is 0 Å². The van der Waals surface area contributed by atoms with Crippen LogP contribution in [0.3, 0.4) is 0 Å². The Morgan fingerprint density at radius 1 is 1.15 bits per heavy atom. The van der Waals surface area contributed by atoms with Crippen molar-refractivity contribution in [3.8, 4) is 0 Å². The van der Waals surface area contributed by atoms with Crippen LogP contribution in [-0.4, -0.2) is 24.3 Å². The Kier molecular flexibility index (Phi) is 5.10. The Morgan fingerprint density at radius 2 is 1.90 bits per heavy atom. The molecule has 0 saturated carbocycles. The molecule has 0 atom stereocenters. The molecule has 0 aliphatic heterocycles. The van der Waals surface area contributed by atoms with Crippen LogP contribution in [0.2, 0.25) is 0 Å². The van der Waals surface area contributed by atoms with Crippen LogP contribution in [0.25, 0.3) is 0 Å². The smallest absolute Gasteiger partial charge is 0.176 e. The van der Waals surface area contributed by atoms with Crippen molar-refractivity contribution >= 4 is 21.7 Å². The fraction of sp³-hybridized carbons (Fsp3) is 0.235. The zero-order valence-electron chi connectivity index (χ0n) is 11.8. The first kappa shape index (κ1) is 14.9. The van der Waals surface area contributed by atoms with Crippen molar-refractivity contribution in [2.24, 2.45) is 0 Å². The average molecular weight is 332 g/mol. The number of hydrogen-bond acceptors (Lipinski definition) is 2. The molecule has 104 valence electrons. The Morgan fingerprint density at radius 3 is 2.60 bits per heavy atom. The van der Waals surface area contributed by atoms with Crippen molar-refractivity contribution < 1.29 is 4.79 Å². The van der Waals surface area contributed by atoms with E-state index in [2.05, 4.69) is 28.1 Å². The lowest BCUT2D eigenvalue weighted by molar-refractivity contribution is 0.0943.